The molecular weight excluding hydrogens is 364 g/mol. The Labute approximate surface area is 156 Å². The lowest BCUT2D eigenvalue weighted by Crippen LogP contribution is -2.13. The summed E-state index contributed by atoms with van der Waals surface area (Å²) in [6.45, 7) is 2.17. The Morgan fingerprint density at radius 2 is 1.38 bits per heavy atom. The Hall–Kier alpha value is -1.55. The monoisotopic (exact) mass is 384 g/mol. The molecule has 0 saturated heterocycles. The van der Waals surface area contributed by atoms with Crippen LogP contribution in [0.15, 0.2) is 24.3 Å². The Bertz CT molecular complexity index is 749. The fourth-order valence-electron chi connectivity index (χ4n) is 3.85. The van der Waals surface area contributed by atoms with Crippen molar-refractivity contribution in [2.75, 3.05) is 0 Å². The predicted octanol–water partition coefficient (Wildman–Crippen LogP) is 7.17. The highest BCUT2D eigenvalue weighted by atomic mass is 35.5. The maximum Gasteiger partial charge on any atom is 0.145 e. The van der Waals surface area contributed by atoms with E-state index in [-0.39, 0.29) is 23.5 Å². The van der Waals surface area contributed by atoms with E-state index in [1.807, 2.05) is 0 Å². The maximum absolute atomic E-state index is 14.5. The van der Waals surface area contributed by atoms with Gasteiger partial charge in [-0.25, -0.2) is 17.6 Å². The highest BCUT2D eigenvalue weighted by Gasteiger charge is 2.23. The zero-order chi connectivity index (χ0) is 18.8. The van der Waals surface area contributed by atoms with Gasteiger partial charge >= 0.3 is 0 Å². The normalized spacial score (nSPS) is 20.4. The van der Waals surface area contributed by atoms with Crippen LogP contribution in [-0.2, 0) is 6.42 Å². The highest BCUT2D eigenvalue weighted by Crippen LogP contribution is 2.38. The van der Waals surface area contributed by atoms with Crippen molar-refractivity contribution in [3.63, 3.8) is 0 Å². The van der Waals surface area contributed by atoms with Crippen LogP contribution in [0.5, 0.6) is 0 Å². The first-order valence-electron chi connectivity index (χ1n) is 9.00. The highest BCUT2D eigenvalue weighted by molar-refractivity contribution is 6.30. The third kappa shape index (κ3) is 4.06. The molecule has 0 unspecified atom stereocenters. The molecule has 1 fully saturated rings. The van der Waals surface area contributed by atoms with Gasteiger partial charge in [0.2, 0.25) is 0 Å². The lowest BCUT2D eigenvalue weighted by atomic mass is 9.77. The van der Waals surface area contributed by atoms with E-state index < -0.39 is 28.3 Å². The van der Waals surface area contributed by atoms with Crippen molar-refractivity contribution in [3.05, 3.63) is 69.2 Å². The van der Waals surface area contributed by atoms with Crippen LogP contribution < -0.4 is 0 Å². The minimum atomic E-state index is -0.938. The quantitative estimate of drug-likeness (QED) is 0.387. The molecule has 0 amide bonds. The Morgan fingerprint density at radius 3 is 1.88 bits per heavy atom. The van der Waals surface area contributed by atoms with Gasteiger partial charge in [-0.2, -0.15) is 0 Å². The zero-order valence-corrected chi connectivity index (χ0v) is 15.4. The topological polar surface area (TPSA) is 0 Å². The van der Waals surface area contributed by atoms with Gasteiger partial charge in [-0.3, -0.25) is 0 Å². The molecule has 0 radical (unpaired) electrons. The molecule has 3 rings (SSSR count). The minimum Gasteiger partial charge on any atom is -0.207 e. The van der Waals surface area contributed by atoms with Crippen LogP contribution in [0.2, 0.25) is 5.02 Å². The van der Waals surface area contributed by atoms with Crippen LogP contribution in [0, 0.1) is 29.2 Å². The van der Waals surface area contributed by atoms with Crippen molar-refractivity contribution in [1.29, 1.82) is 0 Å². The molecule has 5 heteroatoms. The van der Waals surface area contributed by atoms with Gasteiger partial charge in [-0.1, -0.05) is 24.9 Å². The molecule has 0 aliphatic heterocycles. The Kier molecular flexibility index (Phi) is 5.91. The van der Waals surface area contributed by atoms with Crippen molar-refractivity contribution in [2.24, 2.45) is 5.92 Å². The van der Waals surface area contributed by atoms with E-state index in [0.717, 1.165) is 44.2 Å². The molecule has 1 aliphatic rings. The first-order chi connectivity index (χ1) is 12.4. The number of rotatable bonds is 4. The van der Waals surface area contributed by atoms with Crippen molar-refractivity contribution in [3.8, 4) is 0 Å². The van der Waals surface area contributed by atoms with Gasteiger partial charge in [0.1, 0.15) is 28.3 Å². The molecule has 2 aromatic rings. The predicted molar refractivity (Wildman–Crippen MR) is 95.5 cm³/mol. The summed E-state index contributed by atoms with van der Waals surface area (Å²) < 4.78 is 56.1. The Balaban J connectivity index is 1.82. The molecule has 0 aromatic heterocycles. The van der Waals surface area contributed by atoms with Gasteiger partial charge in [-0.05, 0) is 72.9 Å². The standard InChI is InChI=1S/C21H21ClF4/c1-2-12-3-5-14(6-4-12)15-10-17(23)16(18(24)11-15)7-13-8-19(25)21(22)20(26)9-13/h8-12,14H,2-7H2,1H3. The molecule has 0 spiro atoms. The largest absolute Gasteiger partial charge is 0.207 e. The summed E-state index contributed by atoms with van der Waals surface area (Å²) in [6, 6.07) is 4.75. The molecule has 0 nitrogen and oxygen atoms in total. The summed E-state index contributed by atoms with van der Waals surface area (Å²) in [5.74, 6) is -2.35. The molecule has 0 heterocycles. The van der Waals surface area contributed by atoms with E-state index in [1.54, 1.807) is 0 Å². The van der Waals surface area contributed by atoms with Gasteiger partial charge in [0.15, 0.2) is 0 Å². The molecule has 0 atom stereocenters. The van der Waals surface area contributed by atoms with Crippen LogP contribution in [0.4, 0.5) is 17.6 Å². The van der Waals surface area contributed by atoms with E-state index in [1.165, 1.54) is 12.1 Å². The van der Waals surface area contributed by atoms with Gasteiger partial charge < -0.3 is 0 Å². The third-order valence-electron chi connectivity index (χ3n) is 5.48. The van der Waals surface area contributed by atoms with Crippen LogP contribution in [0.25, 0.3) is 0 Å². The first kappa shape index (κ1) is 19.2. The lowest BCUT2D eigenvalue weighted by molar-refractivity contribution is 0.317. The maximum atomic E-state index is 14.5. The summed E-state index contributed by atoms with van der Waals surface area (Å²) in [5.41, 5.74) is 0.627. The smallest absolute Gasteiger partial charge is 0.145 e. The fraction of sp³-hybridized carbons (Fsp3) is 0.429. The molecule has 2 aromatic carbocycles. The van der Waals surface area contributed by atoms with E-state index in [4.69, 9.17) is 11.6 Å². The molecular formula is C21H21ClF4. The van der Waals surface area contributed by atoms with Crippen molar-refractivity contribution in [1.82, 2.24) is 0 Å². The SMILES string of the molecule is CCC1CCC(c2cc(F)c(Cc3cc(F)c(Cl)c(F)c3)c(F)c2)CC1. The van der Waals surface area contributed by atoms with Crippen LogP contribution in [0.1, 0.15) is 61.6 Å². The number of hydrogen-bond acceptors (Lipinski definition) is 0. The second-order valence-electron chi connectivity index (χ2n) is 7.14. The van der Waals surface area contributed by atoms with E-state index >= 15 is 0 Å². The molecule has 140 valence electrons. The van der Waals surface area contributed by atoms with E-state index in [2.05, 4.69) is 6.92 Å². The summed E-state index contributed by atoms with van der Waals surface area (Å²) >= 11 is 5.44. The van der Waals surface area contributed by atoms with Gasteiger partial charge in [0, 0.05) is 12.0 Å². The number of hydrogen-bond donors (Lipinski definition) is 0. The van der Waals surface area contributed by atoms with E-state index in [0.29, 0.717) is 11.5 Å². The van der Waals surface area contributed by atoms with Gasteiger partial charge in [0.25, 0.3) is 0 Å². The minimum absolute atomic E-state index is 0.137. The fourth-order valence-corrected chi connectivity index (χ4v) is 3.95. The molecule has 1 aliphatic carbocycles. The van der Waals surface area contributed by atoms with Gasteiger partial charge in [0.05, 0.1) is 0 Å². The second kappa shape index (κ2) is 7.99. The molecule has 0 N–H and O–H groups in total. The Morgan fingerprint density at radius 1 is 0.846 bits per heavy atom. The van der Waals surface area contributed by atoms with Crippen LogP contribution in [0.3, 0.4) is 0 Å². The van der Waals surface area contributed by atoms with Crippen molar-refractivity contribution < 1.29 is 17.6 Å². The average Bonchev–Trinajstić information content (AvgIpc) is 2.62. The molecule has 0 bridgehead atoms. The summed E-state index contributed by atoms with van der Waals surface area (Å²) in [5, 5.41) is -0.618. The summed E-state index contributed by atoms with van der Waals surface area (Å²) in [6.07, 6.45) is 4.94. The zero-order valence-electron chi connectivity index (χ0n) is 14.6. The lowest BCUT2D eigenvalue weighted by Gasteiger charge is -2.28. The van der Waals surface area contributed by atoms with Crippen molar-refractivity contribution in [2.45, 2.75) is 51.4 Å². The van der Waals surface area contributed by atoms with Crippen LogP contribution >= 0.6 is 11.6 Å². The molecule has 1 saturated carbocycles. The number of halogens is 5. The van der Waals surface area contributed by atoms with Gasteiger partial charge in [-0.15, -0.1) is 0 Å². The second-order valence-corrected chi connectivity index (χ2v) is 7.52. The average molecular weight is 385 g/mol. The number of benzene rings is 2. The van der Waals surface area contributed by atoms with Crippen LogP contribution in [-0.4, -0.2) is 0 Å². The first-order valence-corrected chi connectivity index (χ1v) is 9.38. The molecule has 26 heavy (non-hydrogen) atoms. The van der Waals surface area contributed by atoms with Crippen molar-refractivity contribution >= 4 is 11.6 Å². The third-order valence-corrected chi connectivity index (χ3v) is 5.84. The summed E-state index contributed by atoms with van der Waals surface area (Å²) in [4.78, 5) is 0. The summed E-state index contributed by atoms with van der Waals surface area (Å²) in [7, 11) is 0. The van der Waals surface area contributed by atoms with E-state index in [9.17, 15) is 17.6 Å².